The number of fused-ring (bicyclic) bond motifs is 2. The first-order valence-corrected chi connectivity index (χ1v) is 12.0. The number of benzene rings is 1. The van der Waals surface area contributed by atoms with Gasteiger partial charge in [-0.3, -0.25) is 0 Å². The van der Waals surface area contributed by atoms with Gasteiger partial charge in [-0.25, -0.2) is 14.4 Å². The maximum absolute atomic E-state index is 13.3. The van der Waals surface area contributed by atoms with Gasteiger partial charge >= 0.3 is 17.9 Å². The minimum absolute atomic E-state index is 0.0379. The fraction of sp³-hybridized carbons (Fsp3) is 0.577. The quantitative estimate of drug-likeness (QED) is 0.425. The Morgan fingerprint density at radius 2 is 1.44 bits per heavy atom. The number of carboxylic acid groups (broad SMARTS) is 2. The van der Waals surface area contributed by atoms with Crippen LogP contribution in [0, 0.1) is 17.8 Å². The minimum Gasteiger partial charge on any atom is -0.478 e. The van der Waals surface area contributed by atoms with Crippen LogP contribution in [0.2, 0.25) is 0 Å². The third-order valence-electron chi connectivity index (χ3n) is 7.25. The number of nitrogens with zero attached hydrogens (tertiary/aromatic N) is 1. The number of hydrogen-bond donors (Lipinski definition) is 3. The molecule has 0 radical (unpaired) electrons. The van der Waals surface area contributed by atoms with Gasteiger partial charge in [0.25, 0.3) is 0 Å². The Morgan fingerprint density at radius 1 is 0.912 bits per heavy atom. The summed E-state index contributed by atoms with van der Waals surface area (Å²) in [5.41, 5.74) is -0.815. The van der Waals surface area contributed by atoms with E-state index in [4.69, 9.17) is 14.9 Å². The molecular formula is C26H35NO7. The molecule has 8 heteroatoms. The first-order chi connectivity index (χ1) is 16.2. The van der Waals surface area contributed by atoms with Gasteiger partial charge in [-0.1, -0.05) is 49.6 Å². The van der Waals surface area contributed by atoms with Crippen molar-refractivity contribution in [3.05, 3.63) is 48.0 Å². The van der Waals surface area contributed by atoms with E-state index >= 15 is 0 Å². The molecule has 3 N–H and O–H groups in total. The second kappa shape index (κ2) is 11.6. The molecule has 3 atom stereocenters. The monoisotopic (exact) mass is 473 g/mol. The Morgan fingerprint density at radius 3 is 1.94 bits per heavy atom. The summed E-state index contributed by atoms with van der Waals surface area (Å²) in [6.45, 7) is 1.98. The van der Waals surface area contributed by atoms with E-state index in [1.54, 1.807) is 0 Å². The van der Waals surface area contributed by atoms with E-state index in [0.29, 0.717) is 29.6 Å². The number of carbonyl (C=O) groups excluding carboxylic acids is 1. The van der Waals surface area contributed by atoms with E-state index in [2.05, 4.69) is 11.9 Å². The van der Waals surface area contributed by atoms with Crippen molar-refractivity contribution >= 4 is 17.9 Å². The normalized spacial score (nSPS) is 26.8. The Hall–Kier alpha value is -2.71. The zero-order valence-corrected chi connectivity index (χ0v) is 19.6. The van der Waals surface area contributed by atoms with E-state index in [0.717, 1.165) is 51.6 Å². The Balaban J connectivity index is 0.000000350. The molecule has 2 aliphatic carbocycles. The lowest BCUT2D eigenvalue weighted by atomic mass is 9.75. The lowest BCUT2D eigenvalue weighted by molar-refractivity contribution is -0.191. The van der Waals surface area contributed by atoms with Gasteiger partial charge in [-0.2, -0.15) is 0 Å². The maximum Gasteiger partial charge on any atom is 0.343 e. The number of rotatable bonds is 6. The van der Waals surface area contributed by atoms with Crippen molar-refractivity contribution in [2.45, 2.75) is 56.7 Å². The average Bonchev–Trinajstić information content (AvgIpc) is 3.34. The molecule has 2 bridgehead atoms. The summed E-state index contributed by atoms with van der Waals surface area (Å²) in [4.78, 5) is 34.8. The van der Waals surface area contributed by atoms with Crippen LogP contribution in [0.25, 0.3) is 0 Å². The summed E-state index contributed by atoms with van der Waals surface area (Å²) >= 11 is 0. The van der Waals surface area contributed by atoms with E-state index < -0.39 is 23.5 Å². The topological polar surface area (TPSA) is 124 Å². The molecule has 0 aromatic heterocycles. The molecule has 1 heterocycles. The summed E-state index contributed by atoms with van der Waals surface area (Å²) < 4.78 is 6.12. The largest absolute Gasteiger partial charge is 0.478 e. The van der Waals surface area contributed by atoms with Crippen LogP contribution >= 0.6 is 0 Å². The second-order valence-electron chi connectivity index (χ2n) is 9.67. The predicted octanol–water partition coefficient (Wildman–Crippen LogP) is 3.05. The zero-order valence-electron chi connectivity index (χ0n) is 19.6. The van der Waals surface area contributed by atoms with Gasteiger partial charge in [-0.15, -0.1) is 0 Å². The number of carbonyl (C=O) groups is 3. The highest BCUT2D eigenvalue weighted by atomic mass is 16.6. The molecule has 1 saturated heterocycles. The molecule has 3 aliphatic rings. The molecule has 0 spiro atoms. The fourth-order valence-corrected chi connectivity index (χ4v) is 5.73. The van der Waals surface area contributed by atoms with Gasteiger partial charge in [0, 0.05) is 43.0 Å². The highest BCUT2D eigenvalue weighted by Crippen LogP contribution is 2.43. The summed E-state index contributed by atoms with van der Waals surface area (Å²) in [5.74, 6) is -2.16. The van der Waals surface area contributed by atoms with Crippen LogP contribution in [0.1, 0.15) is 50.5 Å². The van der Waals surface area contributed by atoms with Crippen molar-refractivity contribution in [3.8, 4) is 0 Å². The average molecular weight is 474 g/mol. The van der Waals surface area contributed by atoms with Crippen molar-refractivity contribution in [1.82, 2.24) is 4.90 Å². The van der Waals surface area contributed by atoms with E-state index in [1.807, 2.05) is 30.3 Å². The van der Waals surface area contributed by atoms with E-state index in [1.165, 1.54) is 6.42 Å². The van der Waals surface area contributed by atoms with Crippen molar-refractivity contribution < 1.29 is 34.4 Å². The van der Waals surface area contributed by atoms with Crippen LogP contribution in [-0.2, 0) is 24.7 Å². The third kappa shape index (κ3) is 6.24. The fourth-order valence-electron chi connectivity index (χ4n) is 5.73. The molecule has 0 amide bonds. The van der Waals surface area contributed by atoms with Gasteiger partial charge in [0.05, 0.1) is 0 Å². The van der Waals surface area contributed by atoms with Gasteiger partial charge in [-0.05, 0) is 38.3 Å². The van der Waals surface area contributed by atoms with Crippen LogP contribution < -0.4 is 0 Å². The van der Waals surface area contributed by atoms with Gasteiger partial charge < -0.3 is 25.0 Å². The van der Waals surface area contributed by atoms with Crippen LogP contribution in [0.15, 0.2) is 42.5 Å². The van der Waals surface area contributed by atoms with Crippen molar-refractivity contribution in [2.75, 3.05) is 20.1 Å². The van der Waals surface area contributed by atoms with E-state index in [-0.39, 0.29) is 12.0 Å². The smallest absolute Gasteiger partial charge is 0.343 e. The third-order valence-corrected chi connectivity index (χ3v) is 7.25. The number of carboxylic acids is 2. The molecular weight excluding hydrogens is 438 g/mol. The lowest BCUT2D eigenvalue weighted by Crippen LogP contribution is -2.54. The molecule has 2 saturated carbocycles. The summed E-state index contributed by atoms with van der Waals surface area (Å²) in [5, 5.41) is 27.2. The minimum atomic E-state index is -1.50. The van der Waals surface area contributed by atoms with Gasteiger partial charge in [0.15, 0.2) is 5.60 Å². The van der Waals surface area contributed by atoms with Crippen molar-refractivity contribution in [1.29, 1.82) is 0 Å². The predicted molar refractivity (Wildman–Crippen MR) is 125 cm³/mol. The molecule has 1 aromatic rings. The first kappa shape index (κ1) is 25.9. The highest BCUT2D eigenvalue weighted by molar-refractivity contribution is 5.89. The Kier molecular flexibility index (Phi) is 8.85. The lowest BCUT2D eigenvalue weighted by Gasteiger charge is -2.46. The van der Waals surface area contributed by atoms with Gasteiger partial charge in [0.2, 0.25) is 0 Å². The molecule has 8 nitrogen and oxygen atoms in total. The molecule has 186 valence electrons. The number of ether oxygens (including phenoxy) is 1. The summed E-state index contributed by atoms with van der Waals surface area (Å²) in [6.07, 6.45) is 8.47. The summed E-state index contributed by atoms with van der Waals surface area (Å²) in [6, 6.07) is 9.45. The number of esters is 1. The standard InChI is InChI=1S/C22H31NO3.C4H4O4/c1-23-14-16-8-7-9-17(15-23)20(16)26-21(24)22(25,19-12-5-6-13-19)18-10-3-2-4-11-18;5-3(6)1-2-4(7)8/h2-4,10-11,16-17,19-20,25H,5-9,12-15H2,1H3;1-2H,(H,5,6)(H,7,8)/b;2-1-/t16?,17?,20?,22-;/m0./s1. The number of aliphatic carboxylic acids is 2. The van der Waals surface area contributed by atoms with Crippen LogP contribution in [-0.4, -0.2) is 64.4 Å². The number of aliphatic hydroxyl groups is 1. The second-order valence-corrected chi connectivity index (χ2v) is 9.67. The summed E-state index contributed by atoms with van der Waals surface area (Å²) in [7, 11) is 2.15. The molecule has 2 unspecified atom stereocenters. The zero-order chi connectivity index (χ0) is 24.7. The number of piperidine rings is 1. The SMILES string of the molecule is CN1CC2CCCC(C1)C2OC(=O)[C@](O)(c1ccccc1)C1CCCC1.O=C(O)/C=C\C(=O)O. The molecule has 34 heavy (non-hydrogen) atoms. The van der Waals surface area contributed by atoms with Crippen LogP contribution in [0.5, 0.6) is 0 Å². The molecule has 4 rings (SSSR count). The molecule has 1 aliphatic heterocycles. The van der Waals surface area contributed by atoms with Gasteiger partial charge in [0.1, 0.15) is 6.10 Å². The Labute approximate surface area is 200 Å². The molecule has 1 aromatic carbocycles. The van der Waals surface area contributed by atoms with Crippen LogP contribution in [0.3, 0.4) is 0 Å². The maximum atomic E-state index is 13.3. The van der Waals surface area contributed by atoms with Crippen LogP contribution in [0.4, 0.5) is 0 Å². The number of likely N-dealkylation sites (tertiary alicyclic amines) is 1. The first-order valence-electron chi connectivity index (χ1n) is 12.0. The Bertz CT molecular complexity index is 850. The van der Waals surface area contributed by atoms with Crippen molar-refractivity contribution in [2.24, 2.45) is 17.8 Å². The number of hydrogen-bond acceptors (Lipinski definition) is 6. The molecule has 3 fully saturated rings. The van der Waals surface area contributed by atoms with E-state index in [9.17, 15) is 19.5 Å². The van der Waals surface area contributed by atoms with Crippen molar-refractivity contribution in [3.63, 3.8) is 0 Å². The highest BCUT2D eigenvalue weighted by Gasteiger charge is 2.50.